The van der Waals surface area contributed by atoms with Gasteiger partial charge in [-0.3, -0.25) is 4.79 Å². The van der Waals surface area contributed by atoms with Gasteiger partial charge in [-0.2, -0.15) is 0 Å². The third-order valence-electron chi connectivity index (χ3n) is 4.01. The fourth-order valence-corrected chi connectivity index (χ4v) is 2.54. The Bertz CT molecular complexity index is 725. The lowest BCUT2D eigenvalue weighted by Gasteiger charge is -2.08. The summed E-state index contributed by atoms with van der Waals surface area (Å²) < 4.78 is 20.5. The molecule has 0 radical (unpaired) electrons. The molecular formula is C22H30O5. The van der Waals surface area contributed by atoms with Gasteiger partial charge in [0.1, 0.15) is 0 Å². The number of methoxy groups -OCH3 is 4. The lowest BCUT2D eigenvalue weighted by atomic mass is 10.1. The lowest BCUT2D eigenvalue weighted by molar-refractivity contribution is 0.0987. The van der Waals surface area contributed by atoms with Gasteiger partial charge in [0.05, 0.1) is 28.4 Å². The van der Waals surface area contributed by atoms with Crippen LogP contribution in [0.4, 0.5) is 0 Å². The molecular weight excluding hydrogens is 344 g/mol. The number of rotatable bonds is 8. The molecule has 27 heavy (non-hydrogen) atoms. The van der Waals surface area contributed by atoms with Crippen LogP contribution in [0, 0.1) is 0 Å². The highest BCUT2D eigenvalue weighted by atomic mass is 16.5. The van der Waals surface area contributed by atoms with Gasteiger partial charge in [0.25, 0.3) is 0 Å². The minimum Gasteiger partial charge on any atom is -0.493 e. The van der Waals surface area contributed by atoms with Gasteiger partial charge < -0.3 is 18.9 Å². The zero-order chi connectivity index (χ0) is 20.2. The molecule has 148 valence electrons. The maximum atomic E-state index is 11.4. The molecule has 5 nitrogen and oxygen atoms in total. The normalized spacial score (nSPS) is 9.70. The van der Waals surface area contributed by atoms with E-state index >= 15 is 0 Å². The summed E-state index contributed by atoms with van der Waals surface area (Å²) in [5.74, 6) is 2.94. The van der Waals surface area contributed by atoms with Crippen molar-refractivity contribution in [2.75, 3.05) is 28.4 Å². The zero-order valence-corrected chi connectivity index (χ0v) is 17.1. The number of carbonyl (C=O) groups is 1. The van der Waals surface area contributed by atoms with Crippen LogP contribution in [0.2, 0.25) is 0 Å². The van der Waals surface area contributed by atoms with Crippen LogP contribution < -0.4 is 18.9 Å². The molecule has 2 aromatic carbocycles. The van der Waals surface area contributed by atoms with Crippen molar-refractivity contribution in [3.63, 3.8) is 0 Å². The number of Topliss-reactive ketones (excluding diaryl/α,β-unsaturated/α-hetero) is 1. The van der Waals surface area contributed by atoms with Crippen LogP contribution in [0.15, 0.2) is 36.4 Å². The molecule has 0 amide bonds. The molecule has 0 unspecified atom stereocenters. The van der Waals surface area contributed by atoms with Crippen LogP contribution in [0.1, 0.15) is 42.6 Å². The maximum absolute atomic E-state index is 11.4. The number of hydrogen-bond acceptors (Lipinski definition) is 5. The monoisotopic (exact) mass is 374 g/mol. The molecule has 0 spiro atoms. The number of carbonyl (C=O) groups excluding carboxylic acids is 1. The Kier molecular flexibility index (Phi) is 9.80. The molecule has 0 aromatic heterocycles. The van der Waals surface area contributed by atoms with E-state index < -0.39 is 0 Å². The summed E-state index contributed by atoms with van der Waals surface area (Å²) in [5.41, 5.74) is 1.95. The molecule has 2 aromatic rings. The van der Waals surface area contributed by atoms with E-state index in [0.717, 1.165) is 24.3 Å². The van der Waals surface area contributed by atoms with Crippen LogP contribution in [0.3, 0.4) is 0 Å². The van der Waals surface area contributed by atoms with Crippen molar-refractivity contribution >= 4 is 5.78 Å². The summed E-state index contributed by atoms with van der Waals surface area (Å²) >= 11 is 0. The van der Waals surface area contributed by atoms with Gasteiger partial charge in [-0.05, 0) is 42.3 Å². The highest BCUT2D eigenvalue weighted by Gasteiger charge is 2.08. The van der Waals surface area contributed by atoms with Crippen LogP contribution in [0.5, 0.6) is 23.0 Å². The van der Waals surface area contributed by atoms with Crippen LogP contribution in [-0.2, 0) is 6.42 Å². The smallest absolute Gasteiger partial charge is 0.162 e. The molecule has 0 N–H and O–H groups in total. The molecule has 0 aliphatic rings. The average Bonchev–Trinajstić information content (AvgIpc) is 2.73. The first-order chi connectivity index (χ1) is 13.0. The SMILES string of the molecule is CCC(=O)c1ccc(OC)c(OC)c1.CCCc1ccc(OC)c(OC)c1. The third-order valence-corrected chi connectivity index (χ3v) is 4.01. The largest absolute Gasteiger partial charge is 0.493 e. The summed E-state index contributed by atoms with van der Waals surface area (Å²) in [6.07, 6.45) is 2.73. The molecule has 0 atom stereocenters. The summed E-state index contributed by atoms with van der Waals surface area (Å²) in [6.45, 7) is 4.00. The Morgan fingerprint density at radius 2 is 1.26 bits per heavy atom. The van der Waals surface area contributed by atoms with Crippen LogP contribution in [-0.4, -0.2) is 34.2 Å². The predicted molar refractivity (Wildman–Crippen MR) is 108 cm³/mol. The highest BCUT2D eigenvalue weighted by molar-refractivity contribution is 5.96. The van der Waals surface area contributed by atoms with Crippen molar-refractivity contribution in [2.45, 2.75) is 33.1 Å². The number of ether oxygens (including phenoxy) is 4. The van der Waals surface area contributed by atoms with Crippen molar-refractivity contribution in [3.05, 3.63) is 47.5 Å². The van der Waals surface area contributed by atoms with Crippen molar-refractivity contribution < 1.29 is 23.7 Å². The van der Waals surface area contributed by atoms with E-state index in [0.29, 0.717) is 23.5 Å². The quantitative estimate of drug-likeness (QED) is 0.612. The highest BCUT2D eigenvalue weighted by Crippen LogP contribution is 2.28. The van der Waals surface area contributed by atoms with Gasteiger partial charge in [0.2, 0.25) is 0 Å². The topological polar surface area (TPSA) is 54.0 Å². The number of hydrogen-bond donors (Lipinski definition) is 0. The molecule has 0 aliphatic carbocycles. The maximum Gasteiger partial charge on any atom is 0.162 e. The second kappa shape index (κ2) is 11.8. The van der Waals surface area contributed by atoms with E-state index in [4.69, 9.17) is 18.9 Å². The van der Waals surface area contributed by atoms with Gasteiger partial charge in [-0.15, -0.1) is 0 Å². The Balaban J connectivity index is 0.000000271. The summed E-state index contributed by atoms with van der Waals surface area (Å²) in [5, 5.41) is 0. The first kappa shape index (κ1) is 22.4. The zero-order valence-electron chi connectivity index (χ0n) is 17.1. The molecule has 0 saturated heterocycles. The van der Waals surface area contributed by atoms with Gasteiger partial charge >= 0.3 is 0 Å². The molecule has 5 heteroatoms. The Hall–Kier alpha value is -2.69. The minimum atomic E-state index is 0.103. The Morgan fingerprint density at radius 3 is 1.74 bits per heavy atom. The molecule has 0 heterocycles. The van der Waals surface area contributed by atoms with E-state index in [1.807, 2.05) is 19.1 Å². The average molecular weight is 374 g/mol. The fourth-order valence-electron chi connectivity index (χ4n) is 2.54. The molecule has 0 fully saturated rings. The number of aryl methyl sites for hydroxylation is 1. The van der Waals surface area contributed by atoms with Crippen molar-refractivity contribution in [1.82, 2.24) is 0 Å². The standard InChI is InChI=1S/C11H14O3.C11H16O2/c1-4-9(12)8-5-6-10(13-2)11(7-8)14-3;1-4-5-9-6-7-10(12-2)11(8-9)13-3/h5-7H,4H2,1-3H3;6-8H,4-5H2,1-3H3. The Labute approximate surface area is 162 Å². The minimum absolute atomic E-state index is 0.103. The first-order valence-electron chi connectivity index (χ1n) is 9.00. The second-order valence-corrected chi connectivity index (χ2v) is 5.79. The second-order valence-electron chi connectivity index (χ2n) is 5.79. The van der Waals surface area contributed by atoms with Gasteiger partial charge in [-0.25, -0.2) is 0 Å². The van der Waals surface area contributed by atoms with Crippen LogP contribution in [0.25, 0.3) is 0 Å². The van der Waals surface area contributed by atoms with Crippen molar-refractivity contribution in [3.8, 4) is 23.0 Å². The van der Waals surface area contributed by atoms with E-state index in [1.54, 1.807) is 46.6 Å². The van der Waals surface area contributed by atoms with Gasteiger partial charge in [0.15, 0.2) is 28.8 Å². The van der Waals surface area contributed by atoms with E-state index in [1.165, 1.54) is 5.56 Å². The van der Waals surface area contributed by atoms with Crippen LogP contribution >= 0.6 is 0 Å². The Morgan fingerprint density at radius 1 is 0.741 bits per heavy atom. The van der Waals surface area contributed by atoms with Crippen molar-refractivity contribution in [1.29, 1.82) is 0 Å². The van der Waals surface area contributed by atoms with Gasteiger partial charge in [0, 0.05) is 12.0 Å². The number of ketones is 1. The van der Waals surface area contributed by atoms with E-state index in [-0.39, 0.29) is 5.78 Å². The molecule has 0 bridgehead atoms. The summed E-state index contributed by atoms with van der Waals surface area (Å²) in [4.78, 5) is 11.4. The molecule has 0 saturated carbocycles. The predicted octanol–water partition coefficient (Wildman–Crippen LogP) is 4.95. The molecule has 2 rings (SSSR count). The number of benzene rings is 2. The summed E-state index contributed by atoms with van der Waals surface area (Å²) in [6, 6.07) is 11.2. The third kappa shape index (κ3) is 6.51. The first-order valence-corrected chi connectivity index (χ1v) is 9.00. The van der Waals surface area contributed by atoms with Gasteiger partial charge in [-0.1, -0.05) is 26.3 Å². The molecule has 0 aliphatic heterocycles. The fraction of sp³-hybridized carbons (Fsp3) is 0.409. The van der Waals surface area contributed by atoms with E-state index in [9.17, 15) is 4.79 Å². The van der Waals surface area contributed by atoms with Crippen molar-refractivity contribution in [2.24, 2.45) is 0 Å². The van der Waals surface area contributed by atoms with E-state index in [2.05, 4.69) is 13.0 Å². The summed E-state index contributed by atoms with van der Waals surface area (Å²) in [7, 11) is 6.43. The lowest BCUT2D eigenvalue weighted by Crippen LogP contribution is -1.98.